The Balaban J connectivity index is 1.94. The number of anilines is 1. The predicted molar refractivity (Wildman–Crippen MR) is 110 cm³/mol. The van der Waals surface area contributed by atoms with Crippen LogP contribution >= 0.6 is 0 Å². The molecule has 0 radical (unpaired) electrons. The van der Waals surface area contributed by atoms with E-state index in [1.165, 1.54) is 4.31 Å². The average molecular weight is 400 g/mol. The largest absolute Gasteiger partial charge is 0.389 e. The SMILES string of the molecule is Cc1cccc(N(CC(O)Cn2nc(C)cc2C)S(=O)(=O)c2ccccc2)c1. The van der Waals surface area contributed by atoms with Crippen molar-refractivity contribution < 1.29 is 13.5 Å². The Labute approximate surface area is 166 Å². The fraction of sp³-hybridized carbons (Fsp3) is 0.286. The van der Waals surface area contributed by atoms with Gasteiger partial charge in [-0.1, -0.05) is 30.3 Å². The summed E-state index contributed by atoms with van der Waals surface area (Å²) in [6, 6.07) is 17.5. The van der Waals surface area contributed by atoms with Gasteiger partial charge >= 0.3 is 0 Å². The zero-order valence-electron chi connectivity index (χ0n) is 16.3. The molecule has 1 heterocycles. The summed E-state index contributed by atoms with van der Waals surface area (Å²) in [6.45, 7) is 5.84. The van der Waals surface area contributed by atoms with Crippen LogP contribution in [0.2, 0.25) is 0 Å². The van der Waals surface area contributed by atoms with Crippen LogP contribution in [0.25, 0.3) is 0 Å². The van der Waals surface area contributed by atoms with Gasteiger partial charge in [-0.15, -0.1) is 0 Å². The highest BCUT2D eigenvalue weighted by Gasteiger charge is 2.27. The molecule has 0 aliphatic rings. The van der Waals surface area contributed by atoms with E-state index in [-0.39, 0.29) is 18.0 Å². The third-order valence-corrected chi connectivity index (χ3v) is 6.29. The first-order valence-electron chi connectivity index (χ1n) is 9.11. The van der Waals surface area contributed by atoms with Gasteiger partial charge in [-0.2, -0.15) is 5.10 Å². The van der Waals surface area contributed by atoms with Crippen molar-refractivity contribution in [2.75, 3.05) is 10.8 Å². The van der Waals surface area contributed by atoms with Crippen molar-refractivity contribution in [1.82, 2.24) is 9.78 Å². The maximum absolute atomic E-state index is 13.3. The highest BCUT2D eigenvalue weighted by atomic mass is 32.2. The van der Waals surface area contributed by atoms with Gasteiger partial charge in [0.2, 0.25) is 0 Å². The van der Waals surface area contributed by atoms with Crippen molar-refractivity contribution >= 4 is 15.7 Å². The maximum Gasteiger partial charge on any atom is 0.264 e. The van der Waals surface area contributed by atoms with Crippen LogP contribution in [0.15, 0.2) is 65.6 Å². The van der Waals surface area contributed by atoms with Crippen LogP contribution in [0.1, 0.15) is 17.0 Å². The highest BCUT2D eigenvalue weighted by Crippen LogP contribution is 2.25. The molecule has 0 amide bonds. The molecule has 0 fully saturated rings. The molecule has 148 valence electrons. The number of aromatic nitrogens is 2. The average Bonchev–Trinajstić information content (AvgIpc) is 2.97. The van der Waals surface area contributed by atoms with E-state index in [4.69, 9.17) is 0 Å². The van der Waals surface area contributed by atoms with Crippen LogP contribution in [-0.2, 0) is 16.6 Å². The summed E-state index contributed by atoms with van der Waals surface area (Å²) in [5.74, 6) is 0. The molecule has 0 aliphatic carbocycles. The lowest BCUT2D eigenvalue weighted by atomic mass is 10.2. The van der Waals surface area contributed by atoms with E-state index in [2.05, 4.69) is 5.10 Å². The summed E-state index contributed by atoms with van der Waals surface area (Å²) in [7, 11) is -3.82. The first-order valence-corrected chi connectivity index (χ1v) is 10.5. The molecule has 3 aromatic rings. The molecule has 6 nitrogen and oxygen atoms in total. The minimum Gasteiger partial charge on any atom is -0.389 e. The Morgan fingerprint density at radius 1 is 1.04 bits per heavy atom. The minimum absolute atomic E-state index is 0.0704. The second kappa shape index (κ2) is 8.16. The summed E-state index contributed by atoms with van der Waals surface area (Å²) in [5, 5.41) is 15.0. The quantitative estimate of drug-likeness (QED) is 0.663. The van der Waals surface area contributed by atoms with Gasteiger partial charge in [-0.25, -0.2) is 8.42 Å². The summed E-state index contributed by atoms with van der Waals surface area (Å²) in [6.07, 6.45) is -0.919. The number of aliphatic hydroxyl groups is 1. The molecule has 28 heavy (non-hydrogen) atoms. The molecule has 0 saturated heterocycles. The lowest BCUT2D eigenvalue weighted by Gasteiger charge is -2.27. The van der Waals surface area contributed by atoms with Crippen molar-refractivity contribution in [1.29, 1.82) is 0 Å². The zero-order chi connectivity index (χ0) is 20.3. The number of aliphatic hydroxyl groups excluding tert-OH is 1. The Bertz CT molecular complexity index is 1050. The molecule has 1 aromatic heterocycles. The molecule has 1 unspecified atom stereocenters. The summed E-state index contributed by atoms with van der Waals surface area (Å²) in [5.41, 5.74) is 3.25. The molecule has 2 aromatic carbocycles. The van der Waals surface area contributed by atoms with E-state index >= 15 is 0 Å². The molecule has 0 aliphatic heterocycles. The normalized spacial score (nSPS) is 12.7. The topological polar surface area (TPSA) is 75.4 Å². The van der Waals surface area contributed by atoms with Crippen molar-refractivity contribution in [2.24, 2.45) is 0 Å². The molecule has 0 saturated carbocycles. The van der Waals surface area contributed by atoms with Crippen LogP contribution in [0.3, 0.4) is 0 Å². The molecule has 0 bridgehead atoms. The van der Waals surface area contributed by atoms with Crippen molar-refractivity contribution in [3.63, 3.8) is 0 Å². The Kier molecular flexibility index (Phi) is 5.86. The van der Waals surface area contributed by atoms with Gasteiger partial charge < -0.3 is 5.11 Å². The predicted octanol–water partition coefficient (Wildman–Crippen LogP) is 3.06. The Hall–Kier alpha value is -2.64. The number of hydrogen-bond donors (Lipinski definition) is 1. The van der Waals surface area contributed by atoms with Gasteiger partial charge in [0.25, 0.3) is 10.0 Å². The summed E-state index contributed by atoms with van der Waals surface area (Å²) < 4.78 is 29.6. The van der Waals surface area contributed by atoms with Gasteiger partial charge in [-0.05, 0) is 56.7 Å². The van der Waals surface area contributed by atoms with Crippen molar-refractivity contribution in [3.8, 4) is 0 Å². The molecule has 1 atom stereocenters. The van der Waals surface area contributed by atoms with E-state index in [1.54, 1.807) is 47.1 Å². The molecule has 0 spiro atoms. The van der Waals surface area contributed by atoms with Crippen LogP contribution < -0.4 is 4.31 Å². The van der Waals surface area contributed by atoms with E-state index in [0.717, 1.165) is 17.0 Å². The number of sulfonamides is 1. The lowest BCUT2D eigenvalue weighted by molar-refractivity contribution is 0.157. The van der Waals surface area contributed by atoms with E-state index in [9.17, 15) is 13.5 Å². The van der Waals surface area contributed by atoms with Gasteiger partial charge in [0.1, 0.15) is 0 Å². The number of nitrogens with zero attached hydrogens (tertiary/aromatic N) is 3. The summed E-state index contributed by atoms with van der Waals surface area (Å²) in [4.78, 5) is 0.190. The van der Waals surface area contributed by atoms with Gasteiger partial charge in [0.15, 0.2) is 0 Å². The molecular formula is C21H25N3O3S. The van der Waals surface area contributed by atoms with Crippen molar-refractivity contribution in [3.05, 3.63) is 77.6 Å². The first kappa shape index (κ1) is 20.1. The molecule has 3 rings (SSSR count). The van der Waals surface area contributed by atoms with Crippen LogP contribution in [0.4, 0.5) is 5.69 Å². The van der Waals surface area contributed by atoms with E-state index < -0.39 is 16.1 Å². The molecule has 7 heteroatoms. The van der Waals surface area contributed by atoms with Crippen molar-refractivity contribution in [2.45, 2.75) is 38.3 Å². The van der Waals surface area contributed by atoms with Crippen LogP contribution in [0, 0.1) is 20.8 Å². The zero-order valence-corrected chi connectivity index (χ0v) is 17.1. The minimum atomic E-state index is -3.82. The Morgan fingerprint density at radius 2 is 1.75 bits per heavy atom. The highest BCUT2D eigenvalue weighted by molar-refractivity contribution is 7.92. The second-order valence-electron chi connectivity index (χ2n) is 6.95. The molecule has 1 N–H and O–H groups in total. The monoisotopic (exact) mass is 399 g/mol. The van der Waals surface area contributed by atoms with Gasteiger partial charge in [0, 0.05) is 5.69 Å². The third-order valence-electron chi connectivity index (χ3n) is 4.48. The van der Waals surface area contributed by atoms with Gasteiger partial charge in [0.05, 0.1) is 35.5 Å². The number of rotatable bonds is 7. The van der Waals surface area contributed by atoms with Crippen LogP contribution in [0.5, 0.6) is 0 Å². The van der Waals surface area contributed by atoms with Gasteiger partial charge in [-0.3, -0.25) is 8.99 Å². The summed E-state index contributed by atoms with van der Waals surface area (Å²) >= 11 is 0. The number of aryl methyl sites for hydroxylation is 3. The van der Waals surface area contributed by atoms with E-state index in [0.29, 0.717) is 5.69 Å². The third kappa shape index (κ3) is 4.43. The standard InChI is InChI=1S/C21H25N3O3S/c1-16-8-7-9-19(12-16)24(28(26,27)21-10-5-4-6-11-21)15-20(25)14-23-18(3)13-17(2)22-23/h4-13,20,25H,14-15H2,1-3H3. The fourth-order valence-corrected chi connectivity index (χ4v) is 4.67. The number of hydrogen-bond acceptors (Lipinski definition) is 4. The Morgan fingerprint density at radius 3 is 2.36 bits per heavy atom. The fourth-order valence-electron chi connectivity index (χ4n) is 3.15. The lowest BCUT2D eigenvalue weighted by Crippen LogP contribution is -2.39. The molecular weight excluding hydrogens is 374 g/mol. The van der Waals surface area contributed by atoms with Crippen LogP contribution in [-0.4, -0.2) is 36.0 Å². The second-order valence-corrected chi connectivity index (χ2v) is 8.81. The smallest absolute Gasteiger partial charge is 0.264 e. The van der Waals surface area contributed by atoms with E-state index in [1.807, 2.05) is 39.0 Å². The maximum atomic E-state index is 13.3. The first-order chi connectivity index (χ1) is 13.3. The number of benzene rings is 2.